The van der Waals surface area contributed by atoms with Crippen molar-refractivity contribution in [3.63, 3.8) is 0 Å². The average Bonchev–Trinajstić information content (AvgIpc) is 3.75. The number of para-hydroxylation sites is 1. The van der Waals surface area contributed by atoms with Crippen molar-refractivity contribution in [3.8, 4) is 0 Å². The lowest BCUT2D eigenvalue weighted by atomic mass is 9.81. The normalized spacial score (nSPS) is 20.6. The largest absolute Gasteiger partial charge is 0.370 e. The quantitative estimate of drug-likeness (QED) is 0.0400. The van der Waals surface area contributed by atoms with Gasteiger partial charge in [-0.1, -0.05) is 94.5 Å². The van der Waals surface area contributed by atoms with Gasteiger partial charge in [-0.15, -0.1) is 0 Å². The Balaban J connectivity index is 1.75. The molecule has 1 aromatic heterocycles. The zero-order valence-electron chi connectivity index (χ0n) is 42.1. The summed E-state index contributed by atoms with van der Waals surface area (Å²) in [6.07, 6.45) is 4.81. The minimum atomic E-state index is -1.33. The smallest absolute Gasteiger partial charge is 0.243 e. The van der Waals surface area contributed by atoms with Gasteiger partial charge in [-0.3, -0.25) is 48.1 Å². The SMILES string of the molecule is CCCCC[C@@H]1NC(=O)[C@@H](NC(=O)[C@H](CCCC)NC(C)=O)CCC(=O)NCC[C@@H](C(=O)C[C@@H](Cc2c[nH]c3ccccc23)C(N)=O)CC(=O)[C@H](CCCN=C(N)N)CC(=O)[C@@H](Cc2ccccc2)NC1=O. The van der Waals surface area contributed by atoms with E-state index < -0.39 is 94.7 Å². The zero-order chi connectivity index (χ0) is 52.6. The number of hydrogen-bond acceptors (Lipinski definition) is 10. The number of aromatic nitrogens is 1. The highest BCUT2D eigenvalue weighted by atomic mass is 16.2. The number of nitrogens with two attached hydrogens (primary N) is 3. The molecule has 2 heterocycles. The molecule has 0 spiro atoms. The van der Waals surface area contributed by atoms with E-state index in [1.54, 1.807) is 30.5 Å². The van der Waals surface area contributed by atoms with Gasteiger partial charge in [0.05, 0.1) is 6.04 Å². The first-order valence-corrected chi connectivity index (χ1v) is 25.5. The number of amides is 6. The molecule has 1 aliphatic rings. The number of unbranched alkanes of at least 4 members (excludes halogenated alkanes) is 3. The molecule has 0 unspecified atom stereocenters. The van der Waals surface area contributed by atoms with Crippen LogP contribution in [0.15, 0.2) is 65.8 Å². The number of rotatable bonds is 22. The molecule has 0 aliphatic carbocycles. The molecule has 1 fully saturated rings. The first kappa shape index (κ1) is 57.7. The molecule has 1 aliphatic heterocycles. The number of ketones is 3. The van der Waals surface area contributed by atoms with Crippen molar-refractivity contribution < 1.29 is 43.2 Å². The summed E-state index contributed by atoms with van der Waals surface area (Å²) in [6.45, 7) is 5.26. The zero-order valence-corrected chi connectivity index (χ0v) is 42.1. The predicted molar refractivity (Wildman–Crippen MR) is 275 cm³/mol. The Bertz CT molecular complexity index is 2350. The highest BCUT2D eigenvalue weighted by molar-refractivity contribution is 5.98. The summed E-state index contributed by atoms with van der Waals surface area (Å²) >= 11 is 0. The van der Waals surface area contributed by atoms with Gasteiger partial charge in [-0.25, -0.2) is 0 Å². The third-order valence-corrected chi connectivity index (χ3v) is 13.2. The summed E-state index contributed by atoms with van der Waals surface area (Å²) < 4.78 is 0. The van der Waals surface area contributed by atoms with Crippen LogP contribution in [-0.2, 0) is 56.0 Å². The molecule has 6 amide bonds. The maximum Gasteiger partial charge on any atom is 0.243 e. The number of carbonyl (C=O) groups is 9. The molecule has 3 aromatic rings. The Morgan fingerprint density at radius 1 is 0.792 bits per heavy atom. The third-order valence-electron chi connectivity index (χ3n) is 13.2. The number of fused-ring (bicyclic) bond motifs is 1. The van der Waals surface area contributed by atoms with Crippen molar-refractivity contribution in [2.45, 2.75) is 154 Å². The average molecular weight is 997 g/mol. The Morgan fingerprint density at radius 2 is 1.50 bits per heavy atom. The molecule has 0 bridgehead atoms. The third kappa shape index (κ3) is 19.4. The van der Waals surface area contributed by atoms with Gasteiger partial charge in [0.15, 0.2) is 11.7 Å². The minimum Gasteiger partial charge on any atom is -0.370 e. The topological polar surface area (TPSA) is 320 Å². The molecule has 7 atom stereocenters. The summed E-state index contributed by atoms with van der Waals surface area (Å²) in [4.78, 5) is 132. The van der Waals surface area contributed by atoms with Crippen LogP contribution in [0, 0.1) is 17.8 Å². The number of guanidine groups is 1. The van der Waals surface area contributed by atoms with Gasteiger partial charge in [-0.05, 0) is 68.6 Å². The fourth-order valence-electron chi connectivity index (χ4n) is 9.06. The molecule has 2 aromatic carbocycles. The van der Waals surface area contributed by atoms with Crippen molar-refractivity contribution in [2.75, 3.05) is 13.1 Å². The van der Waals surface area contributed by atoms with Crippen LogP contribution in [0.2, 0.25) is 0 Å². The molecular weight excluding hydrogens is 921 g/mol. The van der Waals surface area contributed by atoms with Gasteiger partial charge in [0.2, 0.25) is 35.4 Å². The second kappa shape index (κ2) is 30.1. The van der Waals surface area contributed by atoms with Crippen LogP contribution >= 0.6 is 0 Å². The lowest BCUT2D eigenvalue weighted by Crippen LogP contribution is -2.58. The number of hydrogen-bond donors (Lipinski definition) is 9. The number of benzene rings is 2. The number of carbonyl (C=O) groups excluding carboxylic acids is 9. The van der Waals surface area contributed by atoms with Gasteiger partial charge in [-0.2, -0.15) is 0 Å². The van der Waals surface area contributed by atoms with Gasteiger partial charge in [0.1, 0.15) is 29.7 Å². The van der Waals surface area contributed by atoms with E-state index in [2.05, 4.69) is 36.6 Å². The molecule has 72 heavy (non-hydrogen) atoms. The minimum absolute atomic E-state index is 0.0217. The monoisotopic (exact) mass is 997 g/mol. The summed E-state index contributed by atoms with van der Waals surface area (Å²) in [7, 11) is 0. The molecule has 12 N–H and O–H groups in total. The van der Waals surface area contributed by atoms with Crippen LogP contribution in [0.4, 0.5) is 0 Å². The number of aromatic amines is 1. The van der Waals surface area contributed by atoms with Crippen molar-refractivity contribution in [3.05, 3.63) is 71.9 Å². The molecular formula is C53H76N10O9. The fourth-order valence-corrected chi connectivity index (χ4v) is 9.06. The van der Waals surface area contributed by atoms with E-state index in [9.17, 15) is 43.2 Å². The van der Waals surface area contributed by atoms with Crippen LogP contribution in [0.1, 0.15) is 128 Å². The summed E-state index contributed by atoms with van der Waals surface area (Å²) in [5.41, 5.74) is 19.4. The van der Waals surface area contributed by atoms with Gasteiger partial charge in [0, 0.05) is 80.6 Å². The van der Waals surface area contributed by atoms with Crippen molar-refractivity contribution in [1.82, 2.24) is 31.6 Å². The summed E-state index contributed by atoms with van der Waals surface area (Å²) in [5, 5.41) is 14.7. The Morgan fingerprint density at radius 3 is 2.19 bits per heavy atom. The van der Waals surface area contributed by atoms with E-state index in [0.717, 1.165) is 41.3 Å². The number of primary amides is 1. The van der Waals surface area contributed by atoms with Gasteiger partial charge < -0.3 is 48.8 Å². The predicted octanol–water partition coefficient (Wildman–Crippen LogP) is 3.25. The van der Waals surface area contributed by atoms with Gasteiger partial charge in [0.25, 0.3) is 0 Å². The second-order valence-corrected chi connectivity index (χ2v) is 19.0. The molecule has 4 rings (SSSR count). The summed E-state index contributed by atoms with van der Waals surface area (Å²) in [5.74, 6) is -8.09. The number of Topliss-reactive ketones (excluding diaryl/α,β-unsaturated/α-hetero) is 3. The molecule has 392 valence electrons. The lowest BCUT2D eigenvalue weighted by Gasteiger charge is -2.27. The highest BCUT2D eigenvalue weighted by Gasteiger charge is 2.35. The molecule has 19 nitrogen and oxygen atoms in total. The Hall–Kier alpha value is -6.92. The lowest BCUT2D eigenvalue weighted by molar-refractivity contribution is -0.135. The van der Waals surface area contributed by atoms with Gasteiger partial charge >= 0.3 is 0 Å². The van der Waals surface area contributed by atoms with Crippen LogP contribution in [0.3, 0.4) is 0 Å². The van der Waals surface area contributed by atoms with E-state index in [1.807, 2.05) is 44.2 Å². The molecule has 0 saturated carbocycles. The van der Waals surface area contributed by atoms with E-state index in [4.69, 9.17) is 17.2 Å². The Labute approximate surface area is 422 Å². The maximum absolute atomic E-state index is 14.7. The van der Waals surface area contributed by atoms with Crippen LogP contribution in [-0.4, -0.2) is 101 Å². The van der Waals surface area contributed by atoms with Crippen LogP contribution in [0.25, 0.3) is 10.9 Å². The number of nitrogens with one attached hydrogen (secondary N) is 6. The molecule has 19 heteroatoms. The maximum atomic E-state index is 14.7. The van der Waals surface area contributed by atoms with Crippen molar-refractivity contribution in [1.29, 1.82) is 0 Å². The molecule has 0 radical (unpaired) electrons. The fraction of sp³-hybridized carbons (Fsp3) is 0.547. The van der Waals surface area contributed by atoms with E-state index >= 15 is 0 Å². The first-order chi connectivity index (χ1) is 34.5. The number of aliphatic imine (C=N–C) groups is 1. The molecule has 1 saturated heterocycles. The van der Waals surface area contributed by atoms with Crippen LogP contribution < -0.4 is 43.8 Å². The number of H-pyrrole nitrogens is 1. The number of nitrogens with zero attached hydrogens (tertiary/aromatic N) is 1. The van der Waals surface area contributed by atoms with E-state index in [-0.39, 0.29) is 83.3 Å². The standard InChI is InChI=1S/C53H76N10O9/c1-4-6-9-21-42-51(71)63-44(27-34-15-10-8-11-16-34)47(67)30-35(17-14-25-58-53(55)56)45(65)29-36(46(66)31-37(49(54)69)28-38-32-59-40-20-13-12-18-39(38)40)24-26-57-48(68)23-22-43(52(72)61-42)62-50(70)41(19-7-5-2)60-33(3)64/h8,10-13,15-16,18,20,32,35-37,41-44,59H,4-7,9,14,17,19,21-31H2,1-3H3,(H2,54,69)(H,57,68)(H,60,64)(H,61,72)(H,62,70)(H,63,71)(H4,55,56,58)/t35-,36-,37-,41+,42+,43+,44-/m1/s1. The van der Waals surface area contributed by atoms with E-state index in [0.29, 0.717) is 25.7 Å². The van der Waals surface area contributed by atoms with Crippen LogP contribution in [0.5, 0.6) is 0 Å². The summed E-state index contributed by atoms with van der Waals surface area (Å²) in [6, 6.07) is 11.9. The Kier molecular flexibility index (Phi) is 24.1. The van der Waals surface area contributed by atoms with Crippen molar-refractivity contribution >= 4 is 69.7 Å². The second-order valence-electron chi connectivity index (χ2n) is 19.0. The first-order valence-electron chi connectivity index (χ1n) is 25.5. The highest BCUT2D eigenvalue weighted by Crippen LogP contribution is 2.27. The van der Waals surface area contributed by atoms with E-state index in [1.165, 1.54) is 6.92 Å². The van der Waals surface area contributed by atoms with Crippen molar-refractivity contribution in [2.24, 2.45) is 39.9 Å².